The zero-order chi connectivity index (χ0) is 21.6. The van der Waals surface area contributed by atoms with Crippen LogP contribution in [0.15, 0.2) is 54.6 Å². The number of anilines is 1. The number of para-hydroxylation sites is 1. The number of aliphatic hydroxyl groups excluding tert-OH is 1. The van der Waals surface area contributed by atoms with Gasteiger partial charge in [-0.15, -0.1) is 0 Å². The van der Waals surface area contributed by atoms with Gasteiger partial charge < -0.3 is 20.6 Å². The molecule has 1 amide bonds. The van der Waals surface area contributed by atoms with Gasteiger partial charge in [0.1, 0.15) is 0 Å². The summed E-state index contributed by atoms with van der Waals surface area (Å²) in [7, 11) is 0. The summed E-state index contributed by atoms with van der Waals surface area (Å²) in [6.07, 6.45) is 0.345. The van der Waals surface area contributed by atoms with E-state index in [0.717, 1.165) is 5.56 Å². The zero-order valence-electron chi connectivity index (χ0n) is 15.6. The molecular weight excluding hydrogens is 400 g/mol. The molecule has 0 spiro atoms. The molecule has 0 unspecified atom stereocenters. The lowest BCUT2D eigenvalue weighted by atomic mass is 10.2. The maximum Gasteiger partial charge on any atom is 0.414 e. The van der Waals surface area contributed by atoms with Crippen LogP contribution in [0.3, 0.4) is 0 Å². The largest absolute Gasteiger partial charge is 0.473 e. The number of hydrogen-bond donors (Lipinski definition) is 4. The average Bonchev–Trinajstić information content (AvgIpc) is 2.69. The van der Waals surface area contributed by atoms with Gasteiger partial charge in [0.05, 0.1) is 17.3 Å². The number of rotatable bonds is 8. The van der Waals surface area contributed by atoms with Crippen molar-refractivity contribution in [2.75, 3.05) is 25.0 Å². The van der Waals surface area contributed by atoms with Crippen LogP contribution in [0.1, 0.15) is 12.0 Å². The lowest BCUT2D eigenvalue weighted by Crippen LogP contribution is -2.30. The highest BCUT2D eigenvalue weighted by atomic mass is 35.5. The Bertz CT molecular complexity index is 789. The molecule has 0 aliphatic heterocycles. The van der Waals surface area contributed by atoms with Crippen LogP contribution >= 0.6 is 11.6 Å². The van der Waals surface area contributed by atoms with Crippen LogP contribution in [0.5, 0.6) is 0 Å². The molecule has 9 heteroatoms. The molecule has 0 aromatic heterocycles. The molecule has 2 aromatic rings. The van der Waals surface area contributed by atoms with Crippen LogP contribution in [-0.2, 0) is 20.9 Å². The second kappa shape index (κ2) is 13.3. The van der Waals surface area contributed by atoms with E-state index in [-0.39, 0.29) is 12.5 Å². The Morgan fingerprint density at radius 1 is 0.897 bits per heavy atom. The first-order valence-corrected chi connectivity index (χ1v) is 9.09. The lowest BCUT2D eigenvalue weighted by Gasteiger charge is -2.21. The average molecular weight is 423 g/mol. The van der Waals surface area contributed by atoms with E-state index in [1.165, 1.54) is 0 Å². The molecule has 0 saturated heterocycles. The van der Waals surface area contributed by atoms with Gasteiger partial charge in [0.2, 0.25) is 5.91 Å². The zero-order valence-corrected chi connectivity index (χ0v) is 16.4. The molecule has 0 bridgehead atoms. The Hall–Kier alpha value is -2.94. The second-order valence-electron chi connectivity index (χ2n) is 5.87. The van der Waals surface area contributed by atoms with Crippen molar-refractivity contribution in [2.24, 2.45) is 0 Å². The highest BCUT2D eigenvalue weighted by molar-refractivity contribution is 6.33. The predicted octanol–water partition coefficient (Wildman–Crippen LogP) is 2.32. The van der Waals surface area contributed by atoms with Gasteiger partial charge >= 0.3 is 11.9 Å². The summed E-state index contributed by atoms with van der Waals surface area (Å²) < 4.78 is 0. The summed E-state index contributed by atoms with van der Waals surface area (Å²) in [5, 5.41) is 27.3. The van der Waals surface area contributed by atoms with E-state index in [2.05, 4.69) is 10.2 Å². The van der Waals surface area contributed by atoms with Crippen molar-refractivity contribution in [3.63, 3.8) is 0 Å². The van der Waals surface area contributed by atoms with Crippen molar-refractivity contribution < 1.29 is 29.7 Å². The summed E-state index contributed by atoms with van der Waals surface area (Å²) in [4.78, 5) is 32.3. The van der Waals surface area contributed by atoms with E-state index < -0.39 is 11.9 Å². The number of carboxylic acid groups (broad SMARTS) is 2. The van der Waals surface area contributed by atoms with Crippen molar-refractivity contribution in [1.82, 2.24) is 4.90 Å². The van der Waals surface area contributed by atoms with Gasteiger partial charge in [0, 0.05) is 26.1 Å². The minimum Gasteiger partial charge on any atom is -0.473 e. The Kier molecular flexibility index (Phi) is 11.0. The number of carbonyl (C=O) groups is 3. The van der Waals surface area contributed by atoms with Crippen molar-refractivity contribution in [3.05, 3.63) is 65.2 Å². The number of benzene rings is 2. The van der Waals surface area contributed by atoms with Gasteiger partial charge in [-0.2, -0.15) is 0 Å². The fourth-order valence-electron chi connectivity index (χ4n) is 2.29. The number of nitrogens with one attached hydrogen (secondary N) is 1. The maximum atomic E-state index is 12.1. The van der Waals surface area contributed by atoms with Crippen molar-refractivity contribution in [3.8, 4) is 0 Å². The van der Waals surface area contributed by atoms with Crippen LogP contribution in [0.2, 0.25) is 5.02 Å². The SMILES string of the molecule is O=C(CCN(CCO)Cc1ccccc1)Nc1ccccc1Cl.O=C(O)C(=O)O. The predicted molar refractivity (Wildman–Crippen MR) is 109 cm³/mol. The number of aliphatic carboxylic acids is 2. The van der Waals surface area contributed by atoms with Crippen molar-refractivity contribution in [1.29, 1.82) is 0 Å². The van der Waals surface area contributed by atoms with E-state index >= 15 is 0 Å². The number of hydrogen-bond acceptors (Lipinski definition) is 5. The monoisotopic (exact) mass is 422 g/mol. The summed E-state index contributed by atoms with van der Waals surface area (Å²) in [6.45, 7) is 1.89. The topological polar surface area (TPSA) is 127 Å². The van der Waals surface area contributed by atoms with E-state index in [0.29, 0.717) is 36.8 Å². The highest BCUT2D eigenvalue weighted by Crippen LogP contribution is 2.20. The molecule has 29 heavy (non-hydrogen) atoms. The van der Waals surface area contributed by atoms with Crippen LogP contribution in [0.4, 0.5) is 5.69 Å². The summed E-state index contributed by atoms with van der Waals surface area (Å²) in [5.74, 6) is -3.74. The van der Waals surface area contributed by atoms with E-state index in [1.54, 1.807) is 12.1 Å². The Labute approximate surface area is 173 Å². The number of amides is 1. The summed E-state index contributed by atoms with van der Waals surface area (Å²) in [6, 6.07) is 17.2. The van der Waals surface area contributed by atoms with Gasteiger partial charge in [0.25, 0.3) is 0 Å². The molecular formula is C20H23ClN2O6. The Balaban J connectivity index is 0.000000612. The van der Waals surface area contributed by atoms with Gasteiger partial charge in [-0.25, -0.2) is 9.59 Å². The van der Waals surface area contributed by atoms with Gasteiger partial charge in [-0.05, 0) is 17.7 Å². The number of halogens is 1. The molecule has 0 aliphatic rings. The van der Waals surface area contributed by atoms with Crippen LogP contribution in [0, 0.1) is 0 Å². The quantitative estimate of drug-likeness (QED) is 0.481. The molecule has 156 valence electrons. The molecule has 0 aliphatic carbocycles. The molecule has 0 saturated carbocycles. The van der Waals surface area contributed by atoms with E-state index in [1.807, 2.05) is 42.5 Å². The maximum absolute atomic E-state index is 12.1. The molecule has 0 heterocycles. The molecule has 8 nitrogen and oxygen atoms in total. The second-order valence-corrected chi connectivity index (χ2v) is 6.28. The number of nitrogens with zero attached hydrogens (tertiary/aromatic N) is 1. The van der Waals surface area contributed by atoms with E-state index in [9.17, 15) is 9.90 Å². The molecule has 2 rings (SSSR count). The smallest absolute Gasteiger partial charge is 0.414 e. The summed E-state index contributed by atoms with van der Waals surface area (Å²) >= 11 is 6.03. The van der Waals surface area contributed by atoms with Gasteiger partial charge in [0.15, 0.2) is 0 Å². The normalized spacial score (nSPS) is 10.0. The third-order valence-electron chi connectivity index (χ3n) is 3.65. The first kappa shape index (κ1) is 24.1. The fraction of sp³-hybridized carbons (Fsp3) is 0.250. The van der Waals surface area contributed by atoms with Crippen molar-refractivity contribution in [2.45, 2.75) is 13.0 Å². The Morgan fingerprint density at radius 3 is 2.03 bits per heavy atom. The van der Waals surface area contributed by atoms with Crippen molar-refractivity contribution >= 4 is 35.1 Å². The molecule has 0 radical (unpaired) electrons. The minimum absolute atomic E-state index is 0.0684. The number of aliphatic hydroxyl groups is 1. The van der Waals surface area contributed by atoms with Crippen LogP contribution in [0.25, 0.3) is 0 Å². The third kappa shape index (κ3) is 10.2. The van der Waals surface area contributed by atoms with Crippen LogP contribution in [-0.4, -0.2) is 57.8 Å². The first-order valence-electron chi connectivity index (χ1n) is 8.71. The highest BCUT2D eigenvalue weighted by Gasteiger charge is 2.10. The van der Waals surface area contributed by atoms with Gasteiger partial charge in [-0.1, -0.05) is 54.1 Å². The molecule has 4 N–H and O–H groups in total. The van der Waals surface area contributed by atoms with E-state index in [4.69, 9.17) is 31.4 Å². The standard InChI is InChI=1S/C18H21ClN2O2.C2H2O4/c19-16-8-4-5-9-17(16)20-18(23)10-11-21(12-13-22)14-15-6-2-1-3-7-15;3-1(4)2(5)6/h1-9,22H,10-14H2,(H,20,23);(H,3,4)(H,5,6). The third-order valence-corrected chi connectivity index (χ3v) is 3.98. The molecule has 0 fully saturated rings. The number of carbonyl (C=O) groups excluding carboxylic acids is 1. The lowest BCUT2D eigenvalue weighted by molar-refractivity contribution is -0.159. The minimum atomic E-state index is -1.82. The summed E-state index contributed by atoms with van der Waals surface area (Å²) in [5.41, 5.74) is 1.78. The molecule has 2 aromatic carbocycles. The van der Waals surface area contributed by atoms with Gasteiger partial charge in [-0.3, -0.25) is 9.69 Å². The Morgan fingerprint density at radius 2 is 1.48 bits per heavy atom. The first-order chi connectivity index (χ1) is 13.8. The fourth-order valence-corrected chi connectivity index (χ4v) is 2.47. The number of carboxylic acids is 2. The molecule has 0 atom stereocenters. The van der Waals surface area contributed by atoms with Crippen LogP contribution < -0.4 is 5.32 Å².